The molecule has 6 heteroatoms. The van der Waals surface area contributed by atoms with Crippen LogP contribution in [-0.2, 0) is 26.5 Å². The van der Waals surface area contributed by atoms with E-state index >= 15 is 0 Å². The van der Waals surface area contributed by atoms with Gasteiger partial charge >= 0.3 is 12.1 Å². The highest BCUT2D eigenvalue weighted by Crippen LogP contribution is 2.39. The number of rotatable bonds is 6. The summed E-state index contributed by atoms with van der Waals surface area (Å²) in [4.78, 5) is 26.3. The number of hydrogen-bond donors (Lipinski definition) is 2. The molecule has 0 heterocycles. The van der Waals surface area contributed by atoms with Gasteiger partial charge in [0, 0.05) is 11.1 Å². The first-order valence-corrected chi connectivity index (χ1v) is 11.7. The third kappa shape index (κ3) is 5.39. The van der Waals surface area contributed by atoms with Gasteiger partial charge in [-0.3, -0.25) is 5.32 Å². The SMILES string of the molecule is CC(C)(C)OC(=O)Nc1ccccc1[C@@](O)(C(=O)OCc1ccccc1)c1cccc2ccccc12. The van der Waals surface area contributed by atoms with Crippen LogP contribution in [0.3, 0.4) is 0 Å². The topological polar surface area (TPSA) is 84.9 Å². The molecule has 0 aliphatic rings. The van der Waals surface area contributed by atoms with Gasteiger partial charge in [0.2, 0.25) is 5.60 Å². The van der Waals surface area contributed by atoms with Crippen LogP contribution >= 0.6 is 0 Å². The van der Waals surface area contributed by atoms with E-state index in [-0.39, 0.29) is 17.9 Å². The molecule has 2 N–H and O–H groups in total. The van der Waals surface area contributed by atoms with Crippen LogP contribution in [-0.4, -0.2) is 22.8 Å². The zero-order valence-electron chi connectivity index (χ0n) is 20.5. The first-order valence-electron chi connectivity index (χ1n) is 11.7. The lowest BCUT2D eigenvalue weighted by atomic mass is 9.82. The van der Waals surface area contributed by atoms with Gasteiger partial charge < -0.3 is 14.6 Å². The summed E-state index contributed by atoms with van der Waals surface area (Å²) in [6, 6.07) is 28.7. The van der Waals surface area contributed by atoms with Crippen molar-refractivity contribution in [3.63, 3.8) is 0 Å². The Morgan fingerprint density at radius 2 is 1.39 bits per heavy atom. The molecule has 0 aromatic heterocycles. The number of aliphatic hydroxyl groups is 1. The molecule has 1 atom stereocenters. The van der Waals surface area contributed by atoms with Crippen molar-refractivity contribution in [1.29, 1.82) is 0 Å². The summed E-state index contributed by atoms with van der Waals surface area (Å²) in [6.07, 6.45) is -0.701. The van der Waals surface area contributed by atoms with Crippen LogP contribution in [0.5, 0.6) is 0 Å². The molecule has 0 bridgehead atoms. The van der Waals surface area contributed by atoms with E-state index in [1.165, 1.54) is 0 Å². The molecule has 0 saturated heterocycles. The molecule has 0 radical (unpaired) electrons. The Kier molecular flexibility index (Phi) is 7.08. The molecule has 6 nitrogen and oxygen atoms in total. The molecule has 0 aliphatic heterocycles. The number of carbonyl (C=O) groups excluding carboxylic acids is 2. The van der Waals surface area contributed by atoms with Gasteiger partial charge in [-0.15, -0.1) is 0 Å². The largest absolute Gasteiger partial charge is 0.458 e. The molecule has 0 spiro atoms. The molecule has 0 fully saturated rings. The summed E-state index contributed by atoms with van der Waals surface area (Å²) < 4.78 is 11.1. The quantitative estimate of drug-likeness (QED) is 0.321. The van der Waals surface area contributed by atoms with Crippen LogP contribution in [0.4, 0.5) is 10.5 Å². The summed E-state index contributed by atoms with van der Waals surface area (Å²) in [6.45, 7) is 5.25. The first kappa shape index (κ1) is 24.9. The van der Waals surface area contributed by atoms with Gasteiger partial charge in [0.1, 0.15) is 12.2 Å². The lowest BCUT2D eigenvalue weighted by Gasteiger charge is -2.30. The number of amides is 1. The smallest absolute Gasteiger partial charge is 0.412 e. The van der Waals surface area contributed by atoms with Gasteiger partial charge in [0.15, 0.2) is 0 Å². The molecular formula is C30H29NO5. The minimum Gasteiger partial charge on any atom is -0.458 e. The van der Waals surface area contributed by atoms with Crippen LogP contribution in [0.1, 0.15) is 37.5 Å². The predicted molar refractivity (Wildman–Crippen MR) is 139 cm³/mol. The molecule has 0 unspecified atom stereocenters. The maximum Gasteiger partial charge on any atom is 0.412 e. The van der Waals surface area contributed by atoms with E-state index < -0.39 is 23.3 Å². The summed E-state index contributed by atoms with van der Waals surface area (Å²) in [7, 11) is 0. The monoisotopic (exact) mass is 483 g/mol. The van der Waals surface area contributed by atoms with Gasteiger partial charge in [-0.05, 0) is 43.2 Å². The van der Waals surface area contributed by atoms with Crippen molar-refractivity contribution in [2.24, 2.45) is 0 Å². The molecule has 4 rings (SSSR count). The Hall–Kier alpha value is -4.16. The molecule has 4 aromatic carbocycles. The maximum atomic E-state index is 13.7. The van der Waals surface area contributed by atoms with Crippen LogP contribution in [0.2, 0.25) is 0 Å². The maximum absolute atomic E-state index is 13.7. The second-order valence-electron chi connectivity index (χ2n) is 9.47. The van der Waals surface area contributed by atoms with Gasteiger partial charge in [-0.2, -0.15) is 0 Å². The van der Waals surface area contributed by atoms with E-state index in [1.807, 2.05) is 60.7 Å². The van der Waals surface area contributed by atoms with Crippen molar-refractivity contribution in [3.05, 3.63) is 114 Å². The lowest BCUT2D eigenvalue weighted by Crippen LogP contribution is -2.40. The fourth-order valence-electron chi connectivity index (χ4n) is 4.05. The average Bonchev–Trinajstić information content (AvgIpc) is 2.86. The van der Waals surface area contributed by atoms with Gasteiger partial charge in [0.05, 0.1) is 5.69 Å². The number of para-hydroxylation sites is 1. The molecule has 0 saturated carbocycles. The van der Waals surface area contributed by atoms with Crippen molar-refractivity contribution < 1.29 is 24.2 Å². The lowest BCUT2D eigenvalue weighted by molar-refractivity contribution is -0.163. The average molecular weight is 484 g/mol. The number of hydrogen-bond acceptors (Lipinski definition) is 5. The number of esters is 1. The number of nitrogens with one attached hydrogen (secondary N) is 1. The molecule has 4 aromatic rings. The highest BCUT2D eigenvalue weighted by atomic mass is 16.6. The van der Waals surface area contributed by atoms with Crippen LogP contribution < -0.4 is 5.32 Å². The van der Waals surface area contributed by atoms with E-state index in [9.17, 15) is 14.7 Å². The molecule has 36 heavy (non-hydrogen) atoms. The van der Waals surface area contributed by atoms with Crippen molar-refractivity contribution in [2.45, 2.75) is 38.6 Å². The molecule has 0 aliphatic carbocycles. The molecular weight excluding hydrogens is 454 g/mol. The van der Waals surface area contributed by atoms with Gasteiger partial charge in [-0.1, -0.05) is 91.0 Å². The predicted octanol–water partition coefficient (Wildman–Crippen LogP) is 6.17. The van der Waals surface area contributed by atoms with Crippen molar-refractivity contribution >= 4 is 28.5 Å². The van der Waals surface area contributed by atoms with Gasteiger partial charge in [0.25, 0.3) is 0 Å². The van der Waals surface area contributed by atoms with E-state index in [1.54, 1.807) is 57.2 Å². The van der Waals surface area contributed by atoms with E-state index in [0.29, 0.717) is 10.9 Å². The second-order valence-corrected chi connectivity index (χ2v) is 9.47. The standard InChI is InChI=1S/C30H29NO5/c1-29(2,3)36-28(33)31-26-19-10-9-17-25(26)30(34,27(32)35-20-21-12-5-4-6-13-21)24-18-11-15-22-14-7-8-16-23(22)24/h4-19,34H,20H2,1-3H3,(H,31,33)/t30-/m1/s1. The third-order valence-electron chi connectivity index (χ3n) is 5.64. The van der Waals surface area contributed by atoms with E-state index in [0.717, 1.165) is 10.9 Å². The number of fused-ring (bicyclic) bond motifs is 1. The first-order chi connectivity index (χ1) is 17.2. The molecule has 184 valence electrons. The highest BCUT2D eigenvalue weighted by Gasteiger charge is 2.44. The number of anilines is 1. The van der Waals surface area contributed by atoms with Crippen LogP contribution in [0.25, 0.3) is 10.8 Å². The Morgan fingerprint density at radius 3 is 2.14 bits per heavy atom. The van der Waals surface area contributed by atoms with Crippen LogP contribution in [0.15, 0.2) is 97.1 Å². The fraction of sp³-hybridized carbons (Fsp3) is 0.200. The number of ether oxygens (including phenoxy) is 2. The molecule has 1 amide bonds. The Balaban J connectivity index is 1.82. The Bertz CT molecular complexity index is 1370. The van der Waals surface area contributed by atoms with Crippen molar-refractivity contribution in [1.82, 2.24) is 0 Å². The van der Waals surface area contributed by atoms with E-state index in [2.05, 4.69) is 5.32 Å². The minimum atomic E-state index is -2.22. The third-order valence-corrected chi connectivity index (χ3v) is 5.64. The van der Waals surface area contributed by atoms with Gasteiger partial charge in [-0.25, -0.2) is 9.59 Å². The van der Waals surface area contributed by atoms with E-state index in [4.69, 9.17) is 9.47 Å². The van der Waals surface area contributed by atoms with Crippen molar-refractivity contribution in [3.8, 4) is 0 Å². The van der Waals surface area contributed by atoms with Crippen LogP contribution in [0, 0.1) is 0 Å². The number of carbonyl (C=O) groups is 2. The second kappa shape index (κ2) is 10.2. The highest BCUT2D eigenvalue weighted by molar-refractivity contribution is 5.97. The summed E-state index contributed by atoms with van der Waals surface area (Å²) in [5.41, 5.74) is -1.41. The minimum absolute atomic E-state index is 0.0194. The van der Waals surface area contributed by atoms with Crippen molar-refractivity contribution in [2.75, 3.05) is 5.32 Å². The Morgan fingerprint density at radius 1 is 0.778 bits per heavy atom. The zero-order chi connectivity index (χ0) is 25.8. The fourth-order valence-corrected chi connectivity index (χ4v) is 4.05. The summed E-state index contributed by atoms with van der Waals surface area (Å²) in [5.74, 6) is -0.860. The normalized spacial score (nSPS) is 13.0. The summed E-state index contributed by atoms with van der Waals surface area (Å²) in [5, 5.41) is 16.5. The zero-order valence-corrected chi connectivity index (χ0v) is 20.5. The number of benzene rings is 4. The summed E-state index contributed by atoms with van der Waals surface area (Å²) >= 11 is 0. The Labute approximate surface area is 210 Å².